The molecule has 3 aliphatic rings. The Kier molecular flexibility index (Phi) is 7.57. The van der Waals surface area contributed by atoms with Crippen molar-refractivity contribution in [2.45, 2.75) is 76.4 Å². The molecule has 1 aliphatic carbocycles. The van der Waals surface area contributed by atoms with Gasteiger partial charge in [-0.2, -0.15) is 0 Å². The second-order valence-electron chi connectivity index (χ2n) is 10.6. The Morgan fingerprint density at radius 1 is 1.24 bits per heavy atom. The van der Waals surface area contributed by atoms with Crippen LogP contribution in [0.25, 0.3) is 0 Å². The highest BCUT2D eigenvalue weighted by Crippen LogP contribution is 2.47. The number of aryl methyl sites for hydroxylation is 1. The molecule has 1 unspecified atom stereocenters. The number of amides is 3. The van der Waals surface area contributed by atoms with E-state index in [-0.39, 0.29) is 46.5 Å². The molecular formula is C26H38N4O3S. The van der Waals surface area contributed by atoms with E-state index in [9.17, 15) is 14.4 Å². The summed E-state index contributed by atoms with van der Waals surface area (Å²) in [6, 6.07) is 7.50. The fraction of sp³-hybridized carbons (Fsp3) is 0.654. The smallest absolute Gasteiger partial charge is 0.243 e. The normalized spacial score (nSPS) is 28.9. The van der Waals surface area contributed by atoms with E-state index in [1.165, 1.54) is 11.1 Å². The molecule has 34 heavy (non-hydrogen) atoms. The maximum atomic E-state index is 13.8. The van der Waals surface area contributed by atoms with Crippen LogP contribution in [0.15, 0.2) is 24.3 Å². The summed E-state index contributed by atoms with van der Waals surface area (Å²) in [5, 5.41) is 9.16. The highest BCUT2D eigenvalue weighted by molar-refractivity contribution is 7.99. The van der Waals surface area contributed by atoms with E-state index in [2.05, 4.69) is 48.0 Å². The van der Waals surface area contributed by atoms with Gasteiger partial charge >= 0.3 is 0 Å². The summed E-state index contributed by atoms with van der Waals surface area (Å²) in [7, 11) is 1.74. The zero-order valence-corrected chi connectivity index (χ0v) is 21.5. The number of thioether (sulfide) groups is 1. The first-order chi connectivity index (χ1) is 16.2. The van der Waals surface area contributed by atoms with Gasteiger partial charge in [-0.25, -0.2) is 0 Å². The first-order valence-corrected chi connectivity index (χ1v) is 13.5. The van der Waals surface area contributed by atoms with Crippen molar-refractivity contribution in [3.8, 4) is 0 Å². The molecule has 1 aromatic carbocycles. The summed E-state index contributed by atoms with van der Waals surface area (Å²) in [5.41, 5.74) is 2.18. The number of likely N-dealkylation sites (N-methyl/N-ethyl adjacent to an activating group) is 1. The van der Waals surface area contributed by atoms with Gasteiger partial charge in [0.05, 0.1) is 23.4 Å². The van der Waals surface area contributed by atoms with Gasteiger partial charge in [-0.1, -0.05) is 38.1 Å². The quantitative estimate of drug-likeness (QED) is 0.575. The molecule has 2 saturated heterocycles. The molecule has 3 N–H and O–H groups in total. The Hall–Kier alpha value is -2.06. The number of fused-ring (bicyclic) bond motifs is 2. The number of nitrogens with one attached hydrogen (secondary N) is 3. The van der Waals surface area contributed by atoms with Crippen LogP contribution in [0.1, 0.15) is 63.6 Å². The van der Waals surface area contributed by atoms with Crippen LogP contribution in [0.2, 0.25) is 0 Å². The zero-order valence-electron chi connectivity index (χ0n) is 20.7. The average molecular weight is 487 g/mol. The van der Waals surface area contributed by atoms with Gasteiger partial charge in [0.25, 0.3) is 0 Å². The van der Waals surface area contributed by atoms with Gasteiger partial charge in [0.2, 0.25) is 17.7 Å². The summed E-state index contributed by atoms with van der Waals surface area (Å²) in [4.78, 5) is 41.6. The van der Waals surface area contributed by atoms with Crippen molar-refractivity contribution in [1.29, 1.82) is 0 Å². The molecule has 4 rings (SSSR count). The van der Waals surface area contributed by atoms with E-state index in [0.29, 0.717) is 13.0 Å². The minimum atomic E-state index is -0.515. The first-order valence-electron chi connectivity index (χ1n) is 12.5. The molecule has 1 aromatic rings. The van der Waals surface area contributed by atoms with Crippen LogP contribution in [-0.4, -0.2) is 59.4 Å². The Balaban J connectivity index is 1.52. The van der Waals surface area contributed by atoms with Gasteiger partial charge in [-0.3, -0.25) is 14.4 Å². The van der Waals surface area contributed by atoms with Crippen LogP contribution in [0.5, 0.6) is 0 Å². The summed E-state index contributed by atoms with van der Waals surface area (Å²) in [6.07, 6.45) is 4.50. The second kappa shape index (κ2) is 10.3. The summed E-state index contributed by atoms with van der Waals surface area (Å²) in [6.45, 7) is 6.29. The fourth-order valence-corrected chi connectivity index (χ4v) is 7.25. The molecule has 7 nitrogen and oxygen atoms in total. The van der Waals surface area contributed by atoms with Crippen LogP contribution in [-0.2, 0) is 20.8 Å². The molecule has 0 bridgehead atoms. The van der Waals surface area contributed by atoms with Crippen molar-refractivity contribution >= 4 is 29.5 Å². The molecule has 0 radical (unpaired) electrons. The van der Waals surface area contributed by atoms with E-state index in [1.54, 1.807) is 25.7 Å². The molecule has 0 spiro atoms. The van der Waals surface area contributed by atoms with E-state index >= 15 is 0 Å². The third-order valence-corrected chi connectivity index (χ3v) is 8.94. The van der Waals surface area contributed by atoms with Crippen LogP contribution in [0.3, 0.4) is 0 Å². The van der Waals surface area contributed by atoms with Crippen LogP contribution < -0.4 is 16.0 Å². The first kappa shape index (κ1) is 25.0. The van der Waals surface area contributed by atoms with Crippen LogP contribution >= 0.6 is 11.8 Å². The van der Waals surface area contributed by atoms with E-state index in [1.807, 2.05) is 11.0 Å². The lowest BCUT2D eigenvalue weighted by Crippen LogP contribution is -2.55. The molecular weight excluding hydrogens is 448 g/mol. The molecule has 5 atom stereocenters. The molecule has 186 valence electrons. The summed E-state index contributed by atoms with van der Waals surface area (Å²) < 4.78 is 0. The lowest BCUT2D eigenvalue weighted by molar-refractivity contribution is -0.144. The number of carbonyl (C=O) groups is 3. The molecule has 0 saturated carbocycles. The van der Waals surface area contributed by atoms with Gasteiger partial charge in [-0.05, 0) is 68.4 Å². The maximum absolute atomic E-state index is 13.8. The highest BCUT2D eigenvalue weighted by atomic mass is 32.2. The molecule has 2 heterocycles. The number of nitrogens with zero attached hydrogens (tertiary/aromatic N) is 1. The molecule has 2 aliphatic heterocycles. The number of hydrogen-bond donors (Lipinski definition) is 3. The van der Waals surface area contributed by atoms with Crippen molar-refractivity contribution < 1.29 is 14.4 Å². The summed E-state index contributed by atoms with van der Waals surface area (Å²) >= 11 is 1.77. The Labute approximate surface area is 207 Å². The Morgan fingerprint density at radius 2 is 2.00 bits per heavy atom. The molecule has 3 amide bonds. The molecule has 2 fully saturated rings. The second-order valence-corrected chi connectivity index (χ2v) is 11.8. The van der Waals surface area contributed by atoms with Crippen LogP contribution in [0.4, 0.5) is 0 Å². The minimum absolute atomic E-state index is 0.00572. The maximum Gasteiger partial charge on any atom is 0.243 e. The van der Waals surface area contributed by atoms with Gasteiger partial charge in [0.15, 0.2) is 0 Å². The van der Waals surface area contributed by atoms with Crippen molar-refractivity contribution in [2.75, 3.05) is 19.3 Å². The third-order valence-electron chi connectivity index (χ3n) is 7.69. The Morgan fingerprint density at radius 3 is 2.76 bits per heavy atom. The Bertz CT molecular complexity index is 936. The van der Waals surface area contributed by atoms with Gasteiger partial charge < -0.3 is 20.9 Å². The number of hydrogen-bond acceptors (Lipinski definition) is 5. The highest BCUT2D eigenvalue weighted by Gasteiger charge is 2.54. The standard InChI is InChI=1S/C26H38N4O3S/c1-16(27-4)23(31)28-15-18-12-13-34-21-14-26(2,3)22(30(21)25(18)33)24(32)29-20-11-7-9-17-8-5-6-10-19(17)20/h5-6,8,10,16,18,20-22,27H,7,9,11-15H2,1-4H3,(H,28,31)(H,29,32)/t16-,18+,20+,21-,22?/m0/s1. The van der Waals surface area contributed by atoms with Crippen molar-refractivity contribution in [3.63, 3.8) is 0 Å². The predicted octanol–water partition coefficient (Wildman–Crippen LogP) is 2.61. The van der Waals surface area contributed by atoms with Gasteiger partial charge in [-0.15, -0.1) is 11.8 Å². The van der Waals surface area contributed by atoms with Gasteiger partial charge in [0.1, 0.15) is 6.04 Å². The van der Waals surface area contributed by atoms with Crippen molar-refractivity contribution in [2.24, 2.45) is 11.3 Å². The minimum Gasteiger partial charge on any atom is -0.354 e. The van der Waals surface area contributed by atoms with Gasteiger partial charge in [0, 0.05) is 6.54 Å². The zero-order chi connectivity index (χ0) is 24.5. The molecule has 0 aromatic heterocycles. The number of rotatable bonds is 6. The summed E-state index contributed by atoms with van der Waals surface area (Å²) in [5.74, 6) is 0.342. The van der Waals surface area contributed by atoms with E-state index < -0.39 is 6.04 Å². The third kappa shape index (κ3) is 4.98. The molecule has 8 heteroatoms. The predicted molar refractivity (Wildman–Crippen MR) is 135 cm³/mol. The SMILES string of the molecule is CN[C@@H](C)C(=O)NC[C@H]1CCS[C@H]2CC(C)(C)C(C(=O)N[C@@H]3CCCc4ccccc43)N2C1=O. The van der Waals surface area contributed by atoms with Crippen molar-refractivity contribution in [1.82, 2.24) is 20.9 Å². The van der Waals surface area contributed by atoms with E-state index in [4.69, 9.17) is 0 Å². The fourth-order valence-electron chi connectivity index (χ4n) is 5.62. The topological polar surface area (TPSA) is 90.5 Å². The lowest BCUT2D eigenvalue weighted by atomic mass is 9.83. The largest absolute Gasteiger partial charge is 0.354 e. The van der Waals surface area contributed by atoms with Crippen molar-refractivity contribution in [3.05, 3.63) is 35.4 Å². The van der Waals surface area contributed by atoms with E-state index in [0.717, 1.165) is 31.4 Å². The monoisotopic (exact) mass is 486 g/mol. The lowest BCUT2D eigenvalue weighted by Gasteiger charge is -2.36. The average Bonchev–Trinajstić information content (AvgIpc) is 3.01. The number of carbonyl (C=O) groups excluding carboxylic acids is 3. The van der Waals surface area contributed by atoms with Crippen LogP contribution in [0, 0.1) is 11.3 Å². The number of benzene rings is 1.